The SMILES string of the molecule is CC[C@H](NC)C(=O)N[C@@H]1C(=O)N2[C@@H](CC[C@@H]1CNC)CC[C@H]2C(=O)CC(c1ccccc1)c1ccccc1. The van der Waals surface area contributed by atoms with E-state index in [1.807, 2.05) is 55.3 Å². The minimum atomic E-state index is -0.644. The maximum atomic E-state index is 14.1. The van der Waals surface area contributed by atoms with Crippen LogP contribution in [0, 0.1) is 5.92 Å². The minimum Gasteiger partial charge on any atom is -0.343 e. The normalized spacial score (nSPS) is 24.1. The third-order valence-electron chi connectivity index (χ3n) is 8.38. The van der Waals surface area contributed by atoms with E-state index < -0.39 is 12.1 Å². The highest BCUT2D eigenvalue weighted by atomic mass is 16.2. The monoisotopic (exact) mass is 518 g/mol. The number of benzene rings is 2. The van der Waals surface area contributed by atoms with Crippen molar-refractivity contribution in [3.8, 4) is 0 Å². The molecule has 2 saturated heterocycles. The zero-order valence-corrected chi connectivity index (χ0v) is 22.9. The van der Waals surface area contributed by atoms with Gasteiger partial charge in [-0.15, -0.1) is 0 Å². The van der Waals surface area contributed by atoms with E-state index in [-0.39, 0.29) is 41.5 Å². The summed E-state index contributed by atoms with van der Waals surface area (Å²) in [4.78, 5) is 42.9. The van der Waals surface area contributed by atoms with Crippen LogP contribution in [-0.4, -0.2) is 67.3 Å². The van der Waals surface area contributed by atoms with Crippen molar-refractivity contribution in [2.45, 2.75) is 75.5 Å². The van der Waals surface area contributed by atoms with E-state index in [2.05, 4.69) is 40.2 Å². The molecule has 7 heteroatoms. The van der Waals surface area contributed by atoms with Gasteiger partial charge in [0.15, 0.2) is 5.78 Å². The number of hydrogen-bond donors (Lipinski definition) is 3. The van der Waals surface area contributed by atoms with Crippen LogP contribution in [0.2, 0.25) is 0 Å². The van der Waals surface area contributed by atoms with Gasteiger partial charge in [-0.25, -0.2) is 0 Å². The summed E-state index contributed by atoms with van der Waals surface area (Å²) in [7, 11) is 3.63. The van der Waals surface area contributed by atoms with Crippen LogP contribution in [0.1, 0.15) is 62.5 Å². The van der Waals surface area contributed by atoms with Crippen LogP contribution in [0.5, 0.6) is 0 Å². The summed E-state index contributed by atoms with van der Waals surface area (Å²) in [6, 6.07) is 18.8. The van der Waals surface area contributed by atoms with Gasteiger partial charge in [0, 0.05) is 30.8 Å². The number of nitrogens with one attached hydrogen (secondary N) is 3. The van der Waals surface area contributed by atoms with Crippen LogP contribution in [-0.2, 0) is 14.4 Å². The molecule has 2 fully saturated rings. The minimum absolute atomic E-state index is 0.0199. The van der Waals surface area contributed by atoms with E-state index >= 15 is 0 Å². The molecule has 4 rings (SSSR count). The second-order valence-electron chi connectivity index (χ2n) is 10.7. The molecule has 0 bridgehead atoms. The lowest BCUT2D eigenvalue weighted by atomic mass is 9.85. The first kappa shape index (κ1) is 28.0. The van der Waals surface area contributed by atoms with Gasteiger partial charge in [-0.1, -0.05) is 67.6 Å². The lowest BCUT2D eigenvalue weighted by Crippen LogP contribution is -2.58. The Morgan fingerprint density at radius 3 is 2.08 bits per heavy atom. The van der Waals surface area contributed by atoms with Crippen molar-refractivity contribution in [2.24, 2.45) is 5.92 Å². The molecule has 204 valence electrons. The van der Waals surface area contributed by atoms with Gasteiger partial charge in [-0.05, 0) is 57.3 Å². The molecule has 7 nitrogen and oxygen atoms in total. The second kappa shape index (κ2) is 13.2. The van der Waals surface area contributed by atoms with E-state index in [1.54, 1.807) is 7.05 Å². The molecule has 0 radical (unpaired) electrons. The third-order valence-corrected chi connectivity index (χ3v) is 8.38. The Labute approximate surface area is 226 Å². The fourth-order valence-electron chi connectivity index (χ4n) is 6.32. The lowest BCUT2D eigenvalue weighted by Gasteiger charge is -2.33. The van der Waals surface area contributed by atoms with Gasteiger partial charge in [0.05, 0.1) is 12.1 Å². The number of carbonyl (C=O) groups is 3. The summed E-state index contributed by atoms with van der Waals surface area (Å²) in [5, 5.41) is 9.31. The quantitative estimate of drug-likeness (QED) is 0.425. The summed E-state index contributed by atoms with van der Waals surface area (Å²) in [6.07, 6.45) is 4.14. The fourth-order valence-corrected chi connectivity index (χ4v) is 6.32. The maximum Gasteiger partial charge on any atom is 0.246 e. The summed E-state index contributed by atoms with van der Waals surface area (Å²) in [6.45, 7) is 2.58. The fraction of sp³-hybridized carbons (Fsp3) is 0.516. The largest absolute Gasteiger partial charge is 0.343 e. The molecular weight excluding hydrogens is 476 g/mol. The molecule has 38 heavy (non-hydrogen) atoms. The third kappa shape index (κ3) is 6.16. The van der Waals surface area contributed by atoms with E-state index in [9.17, 15) is 14.4 Å². The molecule has 0 unspecified atom stereocenters. The van der Waals surface area contributed by atoms with Crippen molar-refractivity contribution in [3.63, 3.8) is 0 Å². The zero-order chi connectivity index (χ0) is 27.1. The van der Waals surface area contributed by atoms with E-state index in [4.69, 9.17) is 0 Å². The molecule has 0 spiro atoms. The second-order valence-corrected chi connectivity index (χ2v) is 10.7. The number of hydrogen-bond acceptors (Lipinski definition) is 5. The maximum absolute atomic E-state index is 14.1. The Hall–Kier alpha value is -3.03. The first-order chi connectivity index (χ1) is 18.5. The molecule has 0 saturated carbocycles. The zero-order valence-electron chi connectivity index (χ0n) is 22.9. The first-order valence-electron chi connectivity index (χ1n) is 14.0. The van der Waals surface area contributed by atoms with Gasteiger partial charge in [-0.2, -0.15) is 0 Å². The topological polar surface area (TPSA) is 90.5 Å². The molecular formula is C31H42N4O3. The van der Waals surface area contributed by atoms with Crippen molar-refractivity contribution in [1.82, 2.24) is 20.9 Å². The van der Waals surface area contributed by atoms with Crippen molar-refractivity contribution in [2.75, 3.05) is 20.6 Å². The van der Waals surface area contributed by atoms with Crippen molar-refractivity contribution in [3.05, 3.63) is 71.8 Å². The Balaban J connectivity index is 1.58. The molecule has 2 heterocycles. The summed E-state index contributed by atoms with van der Waals surface area (Å²) in [5.74, 6) is -0.271. The number of Topliss-reactive ketones (excluding diaryl/α,β-unsaturated/α-hetero) is 1. The van der Waals surface area contributed by atoms with Gasteiger partial charge in [0.25, 0.3) is 0 Å². The number of carbonyl (C=O) groups excluding carboxylic acids is 3. The number of nitrogens with zero attached hydrogens (tertiary/aromatic N) is 1. The van der Waals surface area contributed by atoms with Crippen molar-refractivity contribution < 1.29 is 14.4 Å². The highest BCUT2D eigenvalue weighted by molar-refractivity contribution is 5.95. The average molecular weight is 519 g/mol. The summed E-state index contributed by atoms with van der Waals surface area (Å²) < 4.78 is 0. The van der Waals surface area contributed by atoms with E-state index in [0.717, 1.165) is 30.4 Å². The van der Waals surface area contributed by atoms with Crippen LogP contribution < -0.4 is 16.0 Å². The number of ketones is 1. The molecule has 0 aliphatic carbocycles. The molecule has 2 aromatic rings. The number of fused-ring (bicyclic) bond motifs is 1. The van der Waals surface area contributed by atoms with Gasteiger partial charge in [0.1, 0.15) is 6.04 Å². The standard InChI is InChI=1S/C31H42N4O3/c1-4-26(33-3)30(37)34-29-23(20-32-2)15-16-24-17-18-27(35(24)31(29)38)28(36)19-25(21-11-7-5-8-12-21)22-13-9-6-10-14-22/h5-14,23-27,29,32-33H,4,15-20H2,1-3H3,(H,34,37)/t23-,24+,26+,27+,29+/m1/s1. The van der Waals surface area contributed by atoms with Gasteiger partial charge in [-0.3, -0.25) is 14.4 Å². The van der Waals surface area contributed by atoms with E-state index in [0.29, 0.717) is 25.8 Å². The van der Waals surface area contributed by atoms with Crippen molar-refractivity contribution >= 4 is 17.6 Å². The first-order valence-corrected chi connectivity index (χ1v) is 14.0. The Kier molecular flexibility index (Phi) is 9.69. The molecule has 3 N–H and O–H groups in total. The lowest BCUT2D eigenvalue weighted by molar-refractivity contribution is -0.143. The predicted molar refractivity (Wildman–Crippen MR) is 150 cm³/mol. The van der Waals surface area contributed by atoms with Crippen LogP contribution in [0.25, 0.3) is 0 Å². The molecule has 2 aliphatic heterocycles. The predicted octanol–water partition coefficient (Wildman–Crippen LogP) is 3.25. The van der Waals surface area contributed by atoms with Gasteiger partial charge >= 0.3 is 0 Å². The Morgan fingerprint density at radius 2 is 1.53 bits per heavy atom. The Morgan fingerprint density at radius 1 is 0.921 bits per heavy atom. The molecule has 2 amide bonds. The van der Waals surface area contributed by atoms with Crippen LogP contribution in [0.4, 0.5) is 0 Å². The molecule has 5 atom stereocenters. The summed E-state index contributed by atoms with van der Waals surface area (Å²) in [5.41, 5.74) is 2.20. The average Bonchev–Trinajstić information content (AvgIpc) is 3.33. The van der Waals surface area contributed by atoms with Gasteiger partial charge < -0.3 is 20.9 Å². The van der Waals surface area contributed by atoms with Crippen LogP contribution in [0.3, 0.4) is 0 Å². The van der Waals surface area contributed by atoms with Crippen LogP contribution in [0.15, 0.2) is 60.7 Å². The molecule has 0 aromatic heterocycles. The van der Waals surface area contributed by atoms with Crippen molar-refractivity contribution in [1.29, 1.82) is 0 Å². The number of likely N-dealkylation sites (N-methyl/N-ethyl adjacent to an activating group) is 1. The molecule has 2 aromatic carbocycles. The summed E-state index contributed by atoms with van der Waals surface area (Å²) >= 11 is 0. The number of amides is 2. The smallest absolute Gasteiger partial charge is 0.246 e. The van der Waals surface area contributed by atoms with E-state index in [1.165, 1.54) is 0 Å². The highest BCUT2D eigenvalue weighted by Gasteiger charge is 2.47. The number of rotatable bonds is 11. The Bertz CT molecular complexity index is 1030. The highest BCUT2D eigenvalue weighted by Crippen LogP contribution is 2.37. The van der Waals surface area contributed by atoms with Crippen LogP contribution >= 0.6 is 0 Å². The van der Waals surface area contributed by atoms with Gasteiger partial charge in [0.2, 0.25) is 11.8 Å². The molecule has 2 aliphatic rings.